The highest BCUT2D eigenvalue weighted by atomic mass is 16.5. The van der Waals surface area contributed by atoms with Gasteiger partial charge in [0.2, 0.25) is 0 Å². The van der Waals surface area contributed by atoms with Crippen molar-refractivity contribution < 1.29 is 4.74 Å². The van der Waals surface area contributed by atoms with Gasteiger partial charge < -0.3 is 4.74 Å². The number of hydrogen-bond acceptors (Lipinski definition) is 5. The van der Waals surface area contributed by atoms with Crippen molar-refractivity contribution in [1.29, 1.82) is 5.26 Å². The lowest BCUT2D eigenvalue weighted by Crippen LogP contribution is -2.44. The fourth-order valence-electron chi connectivity index (χ4n) is 4.39. The Morgan fingerprint density at radius 1 is 1.07 bits per heavy atom. The van der Waals surface area contributed by atoms with Crippen molar-refractivity contribution >= 4 is 0 Å². The minimum absolute atomic E-state index is 0.211. The summed E-state index contributed by atoms with van der Waals surface area (Å²) in [5, 5.41) is 14.1. The number of rotatable bonds is 3. The highest BCUT2D eigenvalue weighted by Gasteiger charge is 2.40. The topological polar surface area (TPSA) is 76.6 Å². The summed E-state index contributed by atoms with van der Waals surface area (Å²) in [4.78, 5) is 8.65. The summed E-state index contributed by atoms with van der Waals surface area (Å²) in [5.74, 6) is 0.951. The van der Waals surface area contributed by atoms with Gasteiger partial charge in [0.05, 0.1) is 40.4 Å². The maximum atomic E-state index is 9.11. The van der Waals surface area contributed by atoms with Gasteiger partial charge in [-0.05, 0) is 58.7 Å². The molecule has 0 N–H and O–H groups in total. The van der Waals surface area contributed by atoms with Crippen LogP contribution in [0.4, 0.5) is 0 Å². The van der Waals surface area contributed by atoms with Crippen LogP contribution in [-0.4, -0.2) is 31.0 Å². The van der Waals surface area contributed by atoms with Crippen LogP contribution in [0.3, 0.4) is 0 Å². The number of aromatic nitrogens is 4. The zero-order chi connectivity index (χ0) is 20.6. The molecule has 3 heterocycles. The highest BCUT2D eigenvalue weighted by molar-refractivity contribution is 5.63. The molecule has 1 fully saturated rings. The van der Waals surface area contributed by atoms with Gasteiger partial charge in [-0.1, -0.05) is 12.1 Å². The van der Waals surface area contributed by atoms with Gasteiger partial charge in [0, 0.05) is 23.9 Å². The molecule has 2 aromatic heterocycles. The summed E-state index contributed by atoms with van der Waals surface area (Å²) in [6, 6.07) is 11.8. The van der Waals surface area contributed by atoms with Crippen molar-refractivity contribution in [3.8, 4) is 23.1 Å². The number of ether oxygens (including phenoxy) is 1. The molecule has 0 saturated carbocycles. The SMILES string of the molecule is CC1(C)CC(c2cc(-c3ccc(C#N)cc3)n(-c3cnccn3)n2)CC(C)(C)O1. The molecular weight excluding hydrogens is 362 g/mol. The third-order valence-electron chi connectivity index (χ3n) is 5.25. The summed E-state index contributed by atoms with van der Waals surface area (Å²) < 4.78 is 8.10. The Morgan fingerprint density at radius 2 is 1.76 bits per heavy atom. The summed E-state index contributed by atoms with van der Waals surface area (Å²) >= 11 is 0. The van der Waals surface area contributed by atoms with Gasteiger partial charge in [0.15, 0.2) is 5.82 Å². The predicted octanol–water partition coefficient (Wildman–Crippen LogP) is 4.65. The van der Waals surface area contributed by atoms with Crippen molar-refractivity contribution in [3.05, 3.63) is 60.2 Å². The van der Waals surface area contributed by atoms with Crippen LogP contribution in [0.15, 0.2) is 48.9 Å². The molecule has 6 nitrogen and oxygen atoms in total. The summed E-state index contributed by atoms with van der Waals surface area (Å²) in [6.07, 6.45) is 6.84. The second-order valence-corrected chi connectivity index (χ2v) is 8.85. The van der Waals surface area contributed by atoms with Gasteiger partial charge in [-0.25, -0.2) is 9.67 Å². The molecule has 0 atom stereocenters. The molecular formula is C23H25N5O. The second-order valence-electron chi connectivity index (χ2n) is 8.85. The van der Waals surface area contributed by atoms with E-state index in [-0.39, 0.29) is 17.1 Å². The molecule has 0 amide bonds. The fraction of sp³-hybridized carbons (Fsp3) is 0.391. The third kappa shape index (κ3) is 4.06. The van der Waals surface area contributed by atoms with Gasteiger partial charge in [-0.3, -0.25) is 4.98 Å². The van der Waals surface area contributed by atoms with Gasteiger partial charge in [0.25, 0.3) is 0 Å². The zero-order valence-electron chi connectivity index (χ0n) is 17.3. The zero-order valence-corrected chi connectivity index (χ0v) is 17.3. The van der Waals surface area contributed by atoms with Crippen molar-refractivity contribution in [2.75, 3.05) is 0 Å². The van der Waals surface area contributed by atoms with E-state index in [2.05, 4.69) is 49.8 Å². The van der Waals surface area contributed by atoms with Crippen molar-refractivity contribution in [3.63, 3.8) is 0 Å². The summed E-state index contributed by atoms with van der Waals surface area (Å²) in [6.45, 7) is 8.56. The number of benzene rings is 1. The van der Waals surface area contributed by atoms with Gasteiger partial charge in [-0.15, -0.1) is 0 Å². The van der Waals surface area contributed by atoms with E-state index < -0.39 is 0 Å². The molecule has 0 unspecified atom stereocenters. The van der Waals surface area contributed by atoms with E-state index in [0.717, 1.165) is 29.8 Å². The molecule has 1 aliphatic rings. The van der Waals surface area contributed by atoms with E-state index in [9.17, 15) is 0 Å². The maximum absolute atomic E-state index is 9.11. The molecule has 0 spiro atoms. The van der Waals surface area contributed by atoms with Crippen LogP contribution < -0.4 is 0 Å². The Morgan fingerprint density at radius 3 is 2.34 bits per heavy atom. The van der Waals surface area contributed by atoms with E-state index in [4.69, 9.17) is 15.1 Å². The molecule has 29 heavy (non-hydrogen) atoms. The Bertz CT molecular complexity index is 1030. The second kappa shape index (κ2) is 7.09. The van der Waals surface area contributed by atoms with Crippen LogP contribution >= 0.6 is 0 Å². The lowest BCUT2D eigenvalue weighted by atomic mass is 9.79. The molecule has 1 saturated heterocycles. The first-order chi connectivity index (χ1) is 13.8. The molecule has 0 radical (unpaired) electrons. The lowest BCUT2D eigenvalue weighted by molar-refractivity contribution is -0.162. The van der Waals surface area contributed by atoms with E-state index in [1.807, 2.05) is 28.9 Å². The van der Waals surface area contributed by atoms with Crippen LogP contribution in [0.25, 0.3) is 17.1 Å². The Kier molecular flexibility index (Phi) is 4.71. The van der Waals surface area contributed by atoms with Gasteiger partial charge >= 0.3 is 0 Å². The lowest BCUT2D eigenvalue weighted by Gasteiger charge is -2.45. The monoisotopic (exact) mass is 387 g/mol. The average Bonchev–Trinajstić information content (AvgIpc) is 3.12. The van der Waals surface area contributed by atoms with E-state index in [1.165, 1.54) is 0 Å². The van der Waals surface area contributed by atoms with Crippen LogP contribution in [0.2, 0.25) is 0 Å². The van der Waals surface area contributed by atoms with Crippen molar-refractivity contribution in [2.45, 2.75) is 57.7 Å². The fourth-order valence-corrected chi connectivity index (χ4v) is 4.39. The van der Waals surface area contributed by atoms with E-state index in [1.54, 1.807) is 18.6 Å². The first kappa shape index (κ1) is 19.3. The largest absolute Gasteiger partial charge is 0.370 e. The number of nitriles is 1. The molecule has 1 aliphatic heterocycles. The first-order valence-electron chi connectivity index (χ1n) is 9.83. The smallest absolute Gasteiger partial charge is 0.172 e. The van der Waals surface area contributed by atoms with Crippen LogP contribution in [0, 0.1) is 11.3 Å². The van der Waals surface area contributed by atoms with Crippen molar-refractivity contribution in [2.24, 2.45) is 0 Å². The summed E-state index contributed by atoms with van der Waals surface area (Å²) in [5.41, 5.74) is 3.16. The first-order valence-corrected chi connectivity index (χ1v) is 9.83. The maximum Gasteiger partial charge on any atom is 0.172 e. The normalized spacial score (nSPS) is 18.3. The van der Waals surface area contributed by atoms with Gasteiger partial charge in [-0.2, -0.15) is 10.4 Å². The Labute approximate surface area is 171 Å². The predicted molar refractivity (Wildman–Crippen MR) is 111 cm³/mol. The van der Waals surface area contributed by atoms with E-state index in [0.29, 0.717) is 11.4 Å². The minimum atomic E-state index is -0.211. The molecule has 0 bridgehead atoms. The molecule has 6 heteroatoms. The third-order valence-corrected chi connectivity index (χ3v) is 5.25. The van der Waals surface area contributed by atoms with Crippen LogP contribution in [-0.2, 0) is 4.74 Å². The Balaban J connectivity index is 1.80. The minimum Gasteiger partial charge on any atom is -0.370 e. The molecule has 0 aliphatic carbocycles. The molecule has 4 rings (SSSR count). The highest BCUT2D eigenvalue weighted by Crippen LogP contribution is 2.43. The average molecular weight is 387 g/mol. The Hall–Kier alpha value is -3.04. The summed E-state index contributed by atoms with van der Waals surface area (Å²) in [7, 11) is 0. The van der Waals surface area contributed by atoms with Crippen LogP contribution in [0.1, 0.15) is 57.7 Å². The van der Waals surface area contributed by atoms with Crippen molar-refractivity contribution in [1.82, 2.24) is 19.7 Å². The standard InChI is InChI=1S/C23H25N5O/c1-22(2)12-18(13-23(3,4)29-22)19-11-20(17-7-5-16(14-24)6-8-17)28(27-19)21-15-25-9-10-26-21/h5-11,15,18H,12-13H2,1-4H3. The molecule has 148 valence electrons. The quantitative estimate of drug-likeness (QED) is 0.654. The molecule has 3 aromatic rings. The van der Waals surface area contributed by atoms with E-state index >= 15 is 0 Å². The number of nitrogens with zero attached hydrogens (tertiary/aromatic N) is 5. The number of hydrogen-bond donors (Lipinski definition) is 0. The van der Waals surface area contributed by atoms with Gasteiger partial charge in [0.1, 0.15) is 0 Å². The molecule has 1 aromatic carbocycles. The van der Waals surface area contributed by atoms with Crippen LogP contribution in [0.5, 0.6) is 0 Å².